The van der Waals surface area contributed by atoms with E-state index in [1.54, 1.807) is 0 Å². The first-order chi connectivity index (χ1) is 13.8. The lowest BCUT2D eigenvalue weighted by Crippen LogP contribution is -2.33. The van der Waals surface area contributed by atoms with Crippen LogP contribution >= 0.6 is 7.60 Å². The minimum absolute atomic E-state index is 0.295. The number of hydrogen-bond acceptors (Lipinski definition) is 8. The van der Waals surface area contributed by atoms with Crippen LogP contribution in [0.5, 0.6) is 0 Å². The molecule has 3 aromatic rings. The van der Waals surface area contributed by atoms with Gasteiger partial charge in [0, 0.05) is 5.56 Å². The molecule has 4 N–H and O–H groups in total. The number of imidazole rings is 1. The van der Waals surface area contributed by atoms with Gasteiger partial charge in [0.1, 0.15) is 42.2 Å². The van der Waals surface area contributed by atoms with Gasteiger partial charge in [-0.25, -0.2) is 15.0 Å². The number of hydrogen-bond donors (Lipinski definition) is 4. The fraction of sp³-hybridized carbons (Fsp3) is 0.353. The van der Waals surface area contributed by atoms with Gasteiger partial charge in [0.15, 0.2) is 11.9 Å². The Hall–Kier alpha value is -2.24. The normalized spacial score (nSPS) is 25.0. The molecule has 12 heteroatoms. The number of aromatic nitrogens is 4. The van der Waals surface area contributed by atoms with Gasteiger partial charge in [-0.1, -0.05) is 30.3 Å². The van der Waals surface area contributed by atoms with E-state index in [1.807, 2.05) is 30.3 Å². The van der Waals surface area contributed by atoms with Gasteiger partial charge in [-0.2, -0.15) is 0 Å². The summed E-state index contributed by atoms with van der Waals surface area (Å²) in [6, 6.07) is 9.42. The SMILES string of the molecule is O=P(O)(O)COCC1O[C@@H](n2cnc3c(-c4ccccc4)ncnc32)[C@H](O)[C@@H]1O. The van der Waals surface area contributed by atoms with Crippen LogP contribution in [0.1, 0.15) is 6.23 Å². The molecule has 0 bridgehead atoms. The zero-order valence-electron chi connectivity index (χ0n) is 15.0. The molecule has 1 saturated heterocycles. The van der Waals surface area contributed by atoms with Crippen molar-refractivity contribution in [2.45, 2.75) is 24.5 Å². The average molecular weight is 422 g/mol. The van der Waals surface area contributed by atoms with Crippen LogP contribution in [0.3, 0.4) is 0 Å². The summed E-state index contributed by atoms with van der Waals surface area (Å²) in [4.78, 5) is 30.6. The van der Waals surface area contributed by atoms with Crippen LogP contribution in [-0.4, -0.2) is 70.8 Å². The van der Waals surface area contributed by atoms with Crippen molar-refractivity contribution in [1.29, 1.82) is 0 Å². The topological polar surface area (TPSA) is 160 Å². The number of rotatable bonds is 6. The lowest BCUT2D eigenvalue weighted by molar-refractivity contribution is -0.0612. The van der Waals surface area contributed by atoms with Crippen molar-refractivity contribution in [3.63, 3.8) is 0 Å². The van der Waals surface area contributed by atoms with Gasteiger partial charge >= 0.3 is 7.60 Å². The zero-order chi connectivity index (χ0) is 20.6. The second-order valence-corrected chi connectivity index (χ2v) is 8.21. The monoisotopic (exact) mass is 422 g/mol. The van der Waals surface area contributed by atoms with E-state index in [-0.39, 0.29) is 6.61 Å². The number of aliphatic hydroxyl groups is 2. The van der Waals surface area contributed by atoms with Crippen LogP contribution in [-0.2, 0) is 14.0 Å². The molecule has 1 aliphatic rings. The Bertz CT molecular complexity index is 1040. The quantitative estimate of drug-likeness (QED) is 0.406. The molecular formula is C17H19N4O7P. The fourth-order valence-corrected chi connectivity index (χ4v) is 3.57. The number of nitrogens with zero attached hydrogens (tertiary/aromatic N) is 4. The lowest BCUT2D eigenvalue weighted by atomic mass is 10.1. The maximum absolute atomic E-state index is 10.9. The average Bonchev–Trinajstić information content (AvgIpc) is 3.24. The zero-order valence-corrected chi connectivity index (χ0v) is 15.9. The van der Waals surface area contributed by atoms with Crippen molar-refractivity contribution >= 4 is 18.8 Å². The number of benzene rings is 1. The molecule has 4 rings (SSSR count). The van der Waals surface area contributed by atoms with Crippen molar-refractivity contribution < 1.29 is 34.0 Å². The van der Waals surface area contributed by atoms with Gasteiger partial charge in [-0.05, 0) is 0 Å². The van der Waals surface area contributed by atoms with Crippen LogP contribution in [0, 0.1) is 0 Å². The van der Waals surface area contributed by atoms with E-state index >= 15 is 0 Å². The Labute approximate surface area is 164 Å². The minimum Gasteiger partial charge on any atom is -0.387 e. The van der Waals surface area contributed by atoms with E-state index in [0.717, 1.165) is 5.56 Å². The highest BCUT2D eigenvalue weighted by Gasteiger charge is 2.44. The summed E-state index contributed by atoms with van der Waals surface area (Å²) in [5.74, 6) is 0. The predicted molar refractivity (Wildman–Crippen MR) is 99.5 cm³/mol. The Kier molecular flexibility index (Phi) is 5.45. The smallest absolute Gasteiger partial charge is 0.350 e. The first-order valence-electron chi connectivity index (χ1n) is 8.72. The molecule has 0 amide bonds. The van der Waals surface area contributed by atoms with E-state index in [2.05, 4.69) is 15.0 Å². The predicted octanol–water partition coefficient (Wildman–Crippen LogP) is 0.264. The van der Waals surface area contributed by atoms with Crippen LogP contribution in [0.15, 0.2) is 43.0 Å². The van der Waals surface area contributed by atoms with Crippen LogP contribution in [0.25, 0.3) is 22.4 Å². The van der Waals surface area contributed by atoms with Crippen LogP contribution in [0.2, 0.25) is 0 Å². The van der Waals surface area contributed by atoms with Crippen molar-refractivity contribution in [2.24, 2.45) is 0 Å². The molecule has 2 aromatic heterocycles. The third-order valence-corrected chi connectivity index (χ3v) is 5.08. The second kappa shape index (κ2) is 7.88. The molecule has 11 nitrogen and oxygen atoms in total. The third-order valence-electron chi connectivity index (χ3n) is 4.56. The minimum atomic E-state index is -4.34. The third kappa shape index (κ3) is 4.07. The van der Waals surface area contributed by atoms with Gasteiger partial charge < -0.3 is 29.5 Å². The standard InChI is InChI=1S/C17H19N4O7P/c22-14-11(6-27-9-29(24,25)26)28-17(15(14)23)21-8-20-13-12(18-7-19-16(13)21)10-4-2-1-3-5-10/h1-5,7-8,11,14-15,17,22-23H,6,9H2,(H2,24,25,26)/t11?,14-,15-,17-/m1/s1. The van der Waals surface area contributed by atoms with Crippen molar-refractivity contribution in [1.82, 2.24) is 19.5 Å². The van der Waals surface area contributed by atoms with E-state index in [9.17, 15) is 14.8 Å². The summed E-state index contributed by atoms with van der Waals surface area (Å²) in [6.07, 6.45) is -2.60. The number of ether oxygens (including phenoxy) is 2. The summed E-state index contributed by atoms with van der Waals surface area (Å²) in [5.41, 5.74) is 2.38. The molecule has 0 radical (unpaired) electrons. The van der Waals surface area contributed by atoms with Crippen molar-refractivity contribution in [3.8, 4) is 11.3 Å². The highest BCUT2D eigenvalue weighted by atomic mass is 31.2. The van der Waals surface area contributed by atoms with Gasteiger partial charge in [0.05, 0.1) is 12.9 Å². The summed E-state index contributed by atoms with van der Waals surface area (Å²) >= 11 is 0. The molecule has 1 fully saturated rings. The fourth-order valence-electron chi connectivity index (χ4n) is 3.23. The van der Waals surface area contributed by atoms with Gasteiger partial charge in [-0.15, -0.1) is 0 Å². The molecular weight excluding hydrogens is 403 g/mol. The highest BCUT2D eigenvalue weighted by Crippen LogP contribution is 2.36. The molecule has 154 valence electrons. The maximum atomic E-state index is 10.9. The molecule has 4 atom stereocenters. The molecule has 1 aliphatic heterocycles. The van der Waals surface area contributed by atoms with Gasteiger partial charge in [0.25, 0.3) is 0 Å². The highest BCUT2D eigenvalue weighted by molar-refractivity contribution is 7.51. The summed E-state index contributed by atoms with van der Waals surface area (Å²) in [5, 5.41) is 20.7. The van der Waals surface area contributed by atoms with Crippen molar-refractivity contribution in [2.75, 3.05) is 13.0 Å². The second-order valence-electron chi connectivity index (χ2n) is 6.62. The molecule has 0 saturated carbocycles. The van der Waals surface area contributed by atoms with E-state index in [4.69, 9.17) is 19.3 Å². The molecule has 29 heavy (non-hydrogen) atoms. The number of aliphatic hydroxyl groups excluding tert-OH is 2. The van der Waals surface area contributed by atoms with E-state index in [0.29, 0.717) is 16.9 Å². The molecule has 1 aromatic carbocycles. The van der Waals surface area contributed by atoms with Gasteiger partial charge in [-0.3, -0.25) is 9.13 Å². The Morgan fingerprint density at radius 1 is 1.10 bits per heavy atom. The Morgan fingerprint density at radius 3 is 2.59 bits per heavy atom. The van der Waals surface area contributed by atoms with Crippen LogP contribution < -0.4 is 0 Å². The lowest BCUT2D eigenvalue weighted by Gasteiger charge is -2.16. The van der Waals surface area contributed by atoms with Crippen LogP contribution in [0.4, 0.5) is 0 Å². The van der Waals surface area contributed by atoms with Crippen molar-refractivity contribution in [3.05, 3.63) is 43.0 Å². The maximum Gasteiger partial charge on any atom is 0.350 e. The Balaban J connectivity index is 1.59. The Morgan fingerprint density at radius 2 is 1.86 bits per heavy atom. The summed E-state index contributed by atoms with van der Waals surface area (Å²) in [7, 11) is -4.34. The van der Waals surface area contributed by atoms with E-state index < -0.39 is 38.5 Å². The molecule has 0 spiro atoms. The molecule has 0 aliphatic carbocycles. The first kappa shape index (κ1) is 20.0. The number of fused-ring (bicyclic) bond motifs is 1. The molecule has 3 heterocycles. The summed E-state index contributed by atoms with van der Waals surface area (Å²) in [6.45, 7) is -0.295. The van der Waals surface area contributed by atoms with Gasteiger partial charge in [0.2, 0.25) is 0 Å². The van der Waals surface area contributed by atoms with E-state index in [1.165, 1.54) is 17.2 Å². The summed E-state index contributed by atoms with van der Waals surface area (Å²) < 4.78 is 23.0. The first-order valence-corrected chi connectivity index (χ1v) is 10.5. The largest absolute Gasteiger partial charge is 0.387 e. The molecule has 1 unspecified atom stereocenters.